The van der Waals surface area contributed by atoms with E-state index in [9.17, 15) is 35.1 Å². The van der Waals surface area contributed by atoms with Crippen molar-refractivity contribution in [2.75, 3.05) is 13.2 Å². The van der Waals surface area contributed by atoms with Crippen molar-refractivity contribution in [1.82, 2.24) is 5.32 Å². The lowest BCUT2D eigenvalue weighted by atomic mass is 9.99. The van der Waals surface area contributed by atoms with Gasteiger partial charge in [0.2, 0.25) is 5.91 Å². The minimum Gasteiger partial charge on any atom is -0.454 e. The number of carbonyl (C=O) groups is 2. The second-order valence-corrected chi connectivity index (χ2v) is 23.6. The minimum atomic E-state index is -1.62. The summed E-state index contributed by atoms with van der Waals surface area (Å²) in [5.74, 6) is -1.20. The zero-order valence-corrected chi connectivity index (χ0v) is 52.4. The first-order valence-corrected chi connectivity index (χ1v) is 34.1. The summed E-state index contributed by atoms with van der Waals surface area (Å²) in [5.41, 5.74) is 0. The summed E-state index contributed by atoms with van der Waals surface area (Å²) < 4.78 is 17.7. The largest absolute Gasteiger partial charge is 0.454 e. The van der Waals surface area contributed by atoms with Gasteiger partial charge in [-0.25, -0.2) is 0 Å². The summed E-state index contributed by atoms with van der Waals surface area (Å²) in [7, 11) is 0. The molecule has 0 spiro atoms. The van der Waals surface area contributed by atoms with Gasteiger partial charge < -0.3 is 45.1 Å². The number of nitrogens with one attached hydrogen (secondary N) is 1. The maximum atomic E-state index is 13.4. The van der Waals surface area contributed by atoms with Crippen molar-refractivity contribution in [2.45, 2.75) is 359 Å². The van der Waals surface area contributed by atoms with Crippen molar-refractivity contribution in [3.05, 3.63) is 60.8 Å². The Balaban J connectivity index is 2.53. The highest BCUT2D eigenvalue weighted by atomic mass is 16.7. The highest BCUT2D eigenvalue weighted by molar-refractivity contribution is 5.80. The molecular formula is C70H127NO10. The molecule has 472 valence electrons. The summed E-state index contributed by atoms with van der Waals surface area (Å²) >= 11 is 0. The van der Waals surface area contributed by atoms with Crippen LogP contribution in [0.3, 0.4) is 0 Å². The van der Waals surface area contributed by atoms with Crippen LogP contribution in [0.25, 0.3) is 0 Å². The van der Waals surface area contributed by atoms with E-state index in [-0.39, 0.29) is 19.4 Å². The summed E-state index contributed by atoms with van der Waals surface area (Å²) in [5, 5.41) is 57.0. The first kappa shape index (κ1) is 76.4. The highest BCUT2D eigenvalue weighted by Gasteiger charge is 2.47. The average molecular weight is 1140 g/mol. The number of aliphatic hydroxyl groups is 5. The predicted octanol–water partition coefficient (Wildman–Crippen LogP) is 17.0. The van der Waals surface area contributed by atoms with E-state index in [1.165, 1.54) is 180 Å². The number of carbonyl (C=O) groups excluding carboxylic acids is 2. The molecule has 1 amide bonds. The molecule has 1 fully saturated rings. The van der Waals surface area contributed by atoms with Crippen LogP contribution in [0.4, 0.5) is 0 Å². The SMILES string of the molecule is CCCCC/C=C\C/C=C\CCCCCCCCCCCCCCCCCCCC(=O)OC1C(OCC(NC(=O)C(O)CCCCCCC/C=C/C=C/CCCCC)C(O)/C=C/CCCCCCCCCCC)OC(CO)C(O)C1O. The number of ether oxygens (including phenoxy) is 3. The Morgan fingerprint density at radius 2 is 0.889 bits per heavy atom. The van der Waals surface area contributed by atoms with E-state index in [1.807, 2.05) is 6.08 Å². The van der Waals surface area contributed by atoms with Crippen LogP contribution in [-0.4, -0.2) is 99.6 Å². The maximum absolute atomic E-state index is 13.4. The summed E-state index contributed by atoms with van der Waals surface area (Å²) in [6.07, 6.45) is 62.7. The molecule has 8 unspecified atom stereocenters. The Morgan fingerprint density at radius 3 is 1.36 bits per heavy atom. The number of hydrogen-bond acceptors (Lipinski definition) is 10. The third-order valence-electron chi connectivity index (χ3n) is 15.9. The molecule has 0 bridgehead atoms. The first-order chi connectivity index (χ1) is 39.7. The normalized spacial score (nSPS) is 19.0. The lowest BCUT2D eigenvalue weighted by Gasteiger charge is -2.41. The molecule has 1 saturated heterocycles. The second-order valence-electron chi connectivity index (χ2n) is 23.6. The van der Waals surface area contributed by atoms with Gasteiger partial charge in [-0.05, 0) is 83.5 Å². The van der Waals surface area contributed by atoms with E-state index >= 15 is 0 Å². The monoisotopic (exact) mass is 1140 g/mol. The number of unbranched alkanes of at least 4 members (excludes halogenated alkanes) is 37. The van der Waals surface area contributed by atoms with Gasteiger partial charge in [-0.15, -0.1) is 0 Å². The van der Waals surface area contributed by atoms with Crippen LogP contribution < -0.4 is 5.32 Å². The van der Waals surface area contributed by atoms with Crippen molar-refractivity contribution >= 4 is 11.9 Å². The molecule has 1 aliphatic rings. The molecule has 0 radical (unpaired) electrons. The average Bonchev–Trinajstić information content (AvgIpc) is 3.49. The molecule has 81 heavy (non-hydrogen) atoms. The van der Waals surface area contributed by atoms with Crippen LogP contribution in [0.1, 0.15) is 310 Å². The van der Waals surface area contributed by atoms with Gasteiger partial charge in [0.15, 0.2) is 12.4 Å². The molecule has 8 atom stereocenters. The molecular weight excluding hydrogens is 1010 g/mol. The van der Waals surface area contributed by atoms with E-state index in [0.29, 0.717) is 12.8 Å². The van der Waals surface area contributed by atoms with Gasteiger partial charge in [-0.3, -0.25) is 9.59 Å². The van der Waals surface area contributed by atoms with E-state index in [1.54, 1.807) is 6.08 Å². The summed E-state index contributed by atoms with van der Waals surface area (Å²) in [6, 6.07) is -1.03. The van der Waals surface area contributed by atoms with Crippen molar-refractivity contribution in [2.24, 2.45) is 0 Å². The predicted molar refractivity (Wildman–Crippen MR) is 338 cm³/mol. The van der Waals surface area contributed by atoms with E-state index in [4.69, 9.17) is 14.2 Å². The summed E-state index contributed by atoms with van der Waals surface area (Å²) in [4.78, 5) is 26.6. The van der Waals surface area contributed by atoms with Crippen LogP contribution in [0.15, 0.2) is 60.8 Å². The van der Waals surface area contributed by atoms with Gasteiger partial charge >= 0.3 is 5.97 Å². The van der Waals surface area contributed by atoms with Crippen LogP contribution in [-0.2, 0) is 23.8 Å². The molecule has 1 aliphatic heterocycles. The van der Waals surface area contributed by atoms with Gasteiger partial charge in [0.05, 0.1) is 25.4 Å². The van der Waals surface area contributed by atoms with Crippen molar-refractivity contribution < 1.29 is 49.3 Å². The van der Waals surface area contributed by atoms with Gasteiger partial charge in [0.25, 0.3) is 0 Å². The van der Waals surface area contributed by atoms with Gasteiger partial charge in [0, 0.05) is 6.42 Å². The third-order valence-corrected chi connectivity index (χ3v) is 15.9. The van der Waals surface area contributed by atoms with Crippen molar-refractivity contribution in [3.63, 3.8) is 0 Å². The molecule has 11 nitrogen and oxygen atoms in total. The zero-order chi connectivity index (χ0) is 58.9. The Kier molecular flexibility index (Phi) is 54.5. The van der Waals surface area contributed by atoms with Gasteiger partial charge in [-0.2, -0.15) is 0 Å². The summed E-state index contributed by atoms with van der Waals surface area (Å²) in [6.45, 7) is 5.74. The molecule has 0 aromatic heterocycles. The van der Waals surface area contributed by atoms with Gasteiger partial charge in [-0.1, -0.05) is 281 Å². The molecule has 0 aliphatic carbocycles. The smallest absolute Gasteiger partial charge is 0.306 e. The Hall–Kier alpha value is -2.64. The molecule has 1 heterocycles. The number of aliphatic hydroxyl groups excluding tert-OH is 5. The fourth-order valence-corrected chi connectivity index (χ4v) is 10.5. The van der Waals surface area contributed by atoms with Crippen LogP contribution in [0, 0.1) is 0 Å². The lowest BCUT2D eigenvalue weighted by molar-refractivity contribution is -0.305. The highest BCUT2D eigenvalue weighted by Crippen LogP contribution is 2.26. The number of amides is 1. The Morgan fingerprint density at radius 1 is 0.494 bits per heavy atom. The Bertz CT molecular complexity index is 1550. The quantitative estimate of drug-likeness (QED) is 0.0149. The number of esters is 1. The van der Waals surface area contributed by atoms with Crippen molar-refractivity contribution in [3.8, 4) is 0 Å². The standard InChI is InChI=1S/C70H127NO10/c1-4-7-10-13-16-19-22-24-26-27-28-29-30-31-32-33-34-35-36-37-38-40-43-46-49-52-55-58-65(75)81-68-67(77)66(76)64(59-72)80-70(68)79-60-61(62(73)56-53-50-47-44-41-21-18-15-12-9-6-3)71-69(78)63(74)57-54-51-48-45-42-39-25-23-20-17-14-11-8-5-2/h16-17,19-20,23-26,53,56,61-64,66-68,70,72-74,76-77H,4-15,18,21-22,27-52,54-55,57-60H2,1-3H3,(H,71,78)/b19-16-,20-17+,25-23+,26-24-,56-53+. The molecule has 6 N–H and O–H groups in total. The fraction of sp³-hybridized carbons (Fsp3) is 0.829. The van der Waals surface area contributed by atoms with Crippen molar-refractivity contribution in [1.29, 1.82) is 0 Å². The van der Waals surface area contributed by atoms with Crippen LogP contribution in [0.2, 0.25) is 0 Å². The number of allylic oxidation sites excluding steroid dienone is 9. The van der Waals surface area contributed by atoms with E-state index < -0.39 is 67.4 Å². The minimum absolute atomic E-state index is 0.123. The van der Waals surface area contributed by atoms with Crippen LogP contribution >= 0.6 is 0 Å². The molecule has 1 rings (SSSR count). The zero-order valence-electron chi connectivity index (χ0n) is 52.4. The number of hydrogen-bond donors (Lipinski definition) is 6. The lowest BCUT2D eigenvalue weighted by Crippen LogP contribution is -2.61. The molecule has 0 aromatic carbocycles. The molecule has 0 aromatic rings. The van der Waals surface area contributed by atoms with E-state index in [0.717, 1.165) is 83.5 Å². The van der Waals surface area contributed by atoms with E-state index in [2.05, 4.69) is 74.7 Å². The molecule has 0 saturated carbocycles. The molecule has 11 heteroatoms. The Labute approximate surface area is 497 Å². The second kappa shape index (κ2) is 57.8. The van der Waals surface area contributed by atoms with Gasteiger partial charge in [0.1, 0.15) is 24.4 Å². The first-order valence-electron chi connectivity index (χ1n) is 34.1. The third kappa shape index (κ3) is 45.4. The topological polar surface area (TPSA) is 175 Å². The number of rotatable bonds is 58. The van der Waals surface area contributed by atoms with Crippen LogP contribution in [0.5, 0.6) is 0 Å². The fourth-order valence-electron chi connectivity index (χ4n) is 10.5. The maximum Gasteiger partial charge on any atom is 0.306 e.